The highest BCUT2D eigenvalue weighted by Gasteiger charge is 2.15. The zero-order valence-corrected chi connectivity index (χ0v) is 12.5. The van der Waals surface area contributed by atoms with Gasteiger partial charge in [-0.05, 0) is 31.3 Å². The minimum atomic E-state index is -3.60. The molecule has 0 aliphatic rings. The molecule has 2 aromatic rings. The Kier molecular flexibility index (Phi) is 4.94. The highest BCUT2D eigenvalue weighted by molar-refractivity contribution is 7.93. The molecule has 1 aromatic carbocycles. The van der Waals surface area contributed by atoms with E-state index in [1.807, 2.05) is 7.05 Å². The van der Waals surface area contributed by atoms with E-state index in [4.69, 9.17) is 4.74 Å². The van der Waals surface area contributed by atoms with Gasteiger partial charge in [0.05, 0.1) is 4.90 Å². The Labute approximate surface area is 121 Å². The number of thiazole rings is 1. The molecule has 0 aliphatic carbocycles. The molecule has 1 heterocycles. The van der Waals surface area contributed by atoms with Crippen molar-refractivity contribution >= 4 is 26.5 Å². The topological polar surface area (TPSA) is 80.3 Å². The first kappa shape index (κ1) is 14.8. The van der Waals surface area contributed by atoms with Crippen molar-refractivity contribution in [3.63, 3.8) is 0 Å². The second-order valence-corrected chi connectivity index (χ2v) is 6.44. The number of sulfonamides is 1. The van der Waals surface area contributed by atoms with Crippen LogP contribution in [0, 0.1) is 0 Å². The maximum absolute atomic E-state index is 12.1. The van der Waals surface area contributed by atoms with Crippen molar-refractivity contribution in [1.29, 1.82) is 0 Å². The van der Waals surface area contributed by atoms with Crippen LogP contribution in [0.5, 0.6) is 5.75 Å². The molecule has 8 heteroatoms. The summed E-state index contributed by atoms with van der Waals surface area (Å²) in [4.78, 5) is 4.07. The van der Waals surface area contributed by atoms with Gasteiger partial charge in [-0.25, -0.2) is 13.4 Å². The molecule has 0 saturated carbocycles. The molecule has 0 fully saturated rings. The van der Waals surface area contributed by atoms with Crippen molar-refractivity contribution < 1.29 is 13.2 Å². The Morgan fingerprint density at radius 1 is 1.30 bits per heavy atom. The fraction of sp³-hybridized carbons (Fsp3) is 0.250. The molecule has 0 atom stereocenters. The van der Waals surface area contributed by atoms with Gasteiger partial charge in [0.15, 0.2) is 5.13 Å². The molecule has 1 aromatic heterocycles. The monoisotopic (exact) mass is 313 g/mol. The van der Waals surface area contributed by atoms with E-state index in [1.54, 1.807) is 23.7 Å². The third-order valence-corrected chi connectivity index (χ3v) is 4.58. The number of nitrogens with one attached hydrogen (secondary N) is 2. The lowest BCUT2D eigenvalue weighted by Crippen LogP contribution is -2.16. The Hall–Kier alpha value is -1.64. The first-order valence-electron chi connectivity index (χ1n) is 5.91. The second kappa shape index (κ2) is 6.69. The molecule has 0 aliphatic heterocycles. The van der Waals surface area contributed by atoms with Crippen LogP contribution in [0.3, 0.4) is 0 Å². The quantitative estimate of drug-likeness (QED) is 0.758. The maximum atomic E-state index is 12.1. The Morgan fingerprint density at radius 2 is 2.05 bits per heavy atom. The number of anilines is 1. The van der Waals surface area contributed by atoms with E-state index in [-0.39, 0.29) is 4.90 Å². The normalized spacial score (nSPS) is 11.2. The van der Waals surface area contributed by atoms with E-state index in [9.17, 15) is 8.42 Å². The summed E-state index contributed by atoms with van der Waals surface area (Å²) in [6.07, 6.45) is 1.54. The second-order valence-electron chi connectivity index (χ2n) is 3.87. The minimum Gasteiger partial charge on any atom is -0.492 e. The molecular formula is C12H15N3O3S2. The molecule has 108 valence electrons. The summed E-state index contributed by atoms with van der Waals surface area (Å²) in [5.74, 6) is 0.633. The van der Waals surface area contributed by atoms with Crippen LogP contribution < -0.4 is 14.8 Å². The van der Waals surface area contributed by atoms with E-state index in [0.29, 0.717) is 17.5 Å². The third kappa shape index (κ3) is 3.92. The Bertz CT molecular complexity index is 624. The summed E-state index contributed by atoms with van der Waals surface area (Å²) in [7, 11) is -1.76. The summed E-state index contributed by atoms with van der Waals surface area (Å²) in [6.45, 7) is 1.26. The summed E-state index contributed by atoms with van der Waals surface area (Å²) in [5.41, 5.74) is 0. The first-order valence-corrected chi connectivity index (χ1v) is 8.28. The van der Waals surface area contributed by atoms with Crippen LogP contribution in [0.25, 0.3) is 0 Å². The van der Waals surface area contributed by atoms with Gasteiger partial charge >= 0.3 is 0 Å². The predicted octanol–water partition coefficient (Wildman–Crippen LogP) is 1.54. The number of ether oxygens (including phenoxy) is 1. The van der Waals surface area contributed by atoms with Crippen molar-refractivity contribution in [1.82, 2.24) is 10.3 Å². The lowest BCUT2D eigenvalue weighted by atomic mass is 10.3. The number of hydrogen-bond acceptors (Lipinski definition) is 6. The number of hydrogen-bond donors (Lipinski definition) is 2. The van der Waals surface area contributed by atoms with Crippen molar-refractivity contribution in [2.75, 3.05) is 24.9 Å². The van der Waals surface area contributed by atoms with Gasteiger partial charge in [0.25, 0.3) is 10.0 Å². The van der Waals surface area contributed by atoms with Crippen LogP contribution in [0.4, 0.5) is 5.13 Å². The van der Waals surface area contributed by atoms with E-state index < -0.39 is 10.0 Å². The minimum absolute atomic E-state index is 0.175. The smallest absolute Gasteiger partial charge is 0.263 e. The lowest BCUT2D eigenvalue weighted by Gasteiger charge is -2.08. The van der Waals surface area contributed by atoms with Gasteiger partial charge in [-0.2, -0.15) is 0 Å². The van der Waals surface area contributed by atoms with Gasteiger partial charge in [0.1, 0.15) is 12.4 Å². The number of aromatic nitrogens is 1. The molecule has 20 heavy (non-hydrogen) atoms. The molecule has 0 radical (unpaired) electrons. The molecule has 0 spiro atoms. The molecule has 0 amide bonds. The predicted molar refractivity (Wildman–Crippen MR) is 78.8 cm³/mol. The van der Waals surface area contributed by atoms with Crippen molar-refractivity contribution in [2.45, 2.75) is 4.90 Å². The zero-order chi connectivity index (χ0) is 14.4. The molecule has 0 bridgehead atoms. The number of likely N-dealkylation sites (N-methyl/N-ethyl adjacent to an activating group) is 1. The average molecular weight is 313 g/mol. The largest absolute Gasteiger partial charge is 0.492 e. The fourth-order valence-corrected chi connectivity index (χ4v) is 3.22. The maximum Gasteiger partial charge on any atom is 0.263 e. The number of benzene rings is 1. The Morgan fingerprint density at radius 3 is 2.65 bits per heavy atom. The van der Waals surface area contributed by atoms with Crippen LogP contribution in [-0.4, -0.2) is 33.6 Å². The van der Waals surface area contributed by atoms with Crippen molar-refractivity contribution in [3.8, 4) is 5.75 Å². The van der Waals surface area contributed by atoms with Gasteiger partial charge in [-0.1, -0.05) is 0 Å². The molecule has 6 nitrogen and oxygen atoms in total. The van der Waals surface area contributed by atoms with Crippen LogP contribution >= 0.6 is 11.3 Å². The summed E-state index contributed by atoms with van der Waals surface area (Å²) in [5, 5.41) is 5.01. The van der Waals surface area contributed by atoms with Crippen LogP contribution in [0.15, 0.2) is 40.7 Å². The van der Waals surface area contributed by atoms with Gasteiger partial charge in [-0.15, -0.1) is 11.3 Å². The molecule has 2 N–H and O–H groups in total. The first-order chi connectivity index (χ1) is 9.62. The molecule has 2 rings (SSSR count). The van der Waals surface area contributed by atoms with E-state index in [1.165, 1.54) is 23.5 Å². The zero-order valence-electron chi connectivity index (χ0n) is 10.9. The summed E-state index contributed by atoms with van der Waals surface area (Å²) in [6, 6.07) is 6.27. The van der Waals surface area contributed by atoms with Gasteiger partial charge < -0.3 is 10.1 Å². The SMILES string of the molecule is CNCCOc1ccc(S(=O)(=O)Nc2nccs2)cc1. The number of nitrogens with zero attached hydrogens (tertiary/aromatic N) is 1. The van der Waals surface area contributed by atoms with E-state index in [0.717, 1.165) is 6.54 Å². The van der Waals surface area contributed by atoms with Crippen molar-refractivity contribution in [2.24, 2.45) is 0 Å². The third-order valence-electron chi connectivity index (χ3n) is 2.41. The highest BCUT2D eigenvalue weighted by Crippen LogP contribution is 2.20. The lowest BCUT2D eigenvalue weighted by molar-refractivity contribution is 0.318. The Balaban J connectivity index is 2.05. The molecule has 0 unspecified atom stereocenters. The number of rotatable bonds is 7. The molecular weight excluding hydrogens is 298 g/mol. The summed E-state index contributed by atoms with van der Waals surface area (Å²) < 4.78 is 32.0. The fourth-order valence-electron chi connectivity index (χ4n) is 1.43. The van der Waals surface area contributed by atoms with Gasteiger partial charge in [-0.3, -0.25) is 4.72 Å². The van der Waals surface area contributed by atoms with E-state index >= 15 is 0 Å². The van der Waals surface area contributed by atoms with Crippen LogP contribution in [0.1, 0.15) is 0 Å². The standard InChI is InChI=1S/C12H15N3O3S2/c1-13-6-8-18-10-2-4-11(5-3-10)20(16,17)15-12-14-7-9-19-12/h2-5,7,9,13H,6,8H2,1H3,(H,14,15). The van der Waals surface area contributed by atoms with Gasteiger partial charge in [0.2, 0.25) is 0 Å². The van der Waals surface area contributed by atoms with Gasteiger partial charge in [0, 0.05) is 18.1 Å². The van der Waals surface area contributed by atoms with Crippen LogP contribution in [-0.2, 0) is 10.0 Å². The summed E-state index contributed by atoms with van der Waals surface area (Å²) >= 11 is 1.23. The average Bonchev–Trinajstić information content (AvgIpc) is 2.92. The van der Waals surface area contributed by atoms with Crippen molar-refractivity contribution in [3.05, 3.63) is 35.8 Å². The highest BCUT2D eigenvalue weighted by atomic mass is 32.2. The molecule has 0 saturated heterocycles. The van der Waals surface area contributed by atoms with Crippen LogP contribution in [0.2, 0.25) is 0 Å². The van der Waals surface area contributed by atoms with E-state index in [2.05, 4.69) is 15.0 Å².